The fourth-order valence-corrected chi connectivity index (χ4v) is 2.96. The number of nitrogens with one attached hydrogen (secondary N) is 1. The van der Waals surface area contributed by atoms with E-state index in [4.69, 9.17) is 9.47 Å². The topological polar surface area (TPSA) is 47.6 Å². The van der Waals surface area contributed by atoms with Gasteiger partial charge in [0.05, 0.1) is 20.3 Å². The quantitative estimate of drug-likeness (QED) is 0.762. The minimum absolute atomic E-state index is 0.0167. The molecule has 0 aliphatic rings. The molecule has 0 unspecified atom stereocenters. The number of hydrogen-bond donors (Lipinski definition) is 1. The second-order valence-electron chi connectivity index (χ2n) is 7.85. The van der Waals surface area contributed by atoms with E-state index in [1.165, 1.54) is 5.56 Å². The predicted octanol–water partition coefficient (Wildman–Crippen LogP) is 4.81. The van der Waals surface area contributed by atoms with Crippen molar-refractivity contribution in [1.82, 2.24) is 5.32 Å². The summed E-state index contributed by atoms with van der Waals surface area (Å²) in [6, 6.07) is 14.2. The van der Waals surface area contributed by atoms with Gasteiger partial charge in [-0.25, -0.2) is 0 Å². The van der Waals surface area contributed by atoms with Crippen LogP contribution in [-0.4, -0.2) is 20.1 Å². The van der Waals surface area contributed by atoms with E-state index in [1.54, 1.807) is 14.2 Å². The lowest BCUT2D eigenvalue weighted by atomic mass is 9.86. The molecule has 0 saturated heterocycles. The number of aryl methyl sites for hydroxylation is 1. The van der Waals surface area contributed by atoms with Crippen LogP contribution in [0.15, 0.2) is 42.5 Å². The Bertz CT molecular complexity index is 760. The molecule has 1 N–H and O–H groups in total. The van der Waals surface area contributed by atoms with E-state index in [2.05, 4.69) is 50.4 Å². The number of carbonyl (C=O) groups is 1. The molecule has 0 saturated carbocycles. The Morgan fingerprint density at radius 3 is 2.19 bits per heavy atom. The summed E-state index contributed by atoms with van der Waals surface area (Å²) in [6.45, 7) is 8.60. The lowest BCUT2D eigenvalue weighted by molar-refractivity contribution is -0.121. The highest BCUT2D eigenvalue weighted by Crippen LogP contribution is 2.28. The van der Waals surface area contributed by atoms with Gasteiger partial charge in [0.15, 0.2) is 11.5 Å². The highest BCUT2D eigenvalue weighted by molar-refractivity contribution is 5.76. The molecule has 146 valence electrons. The van der Waals surface area contributed by atoms with Crippen LogP contribution in [0.1, 0.15) is 56.8 Å². The predicted molar refractivity (Wildman–Crippen MR) is 110 cm³/mol. The van der Waals surface area contributed by atoms with Crippen molar-refractivity contribution in [2.24, 2.45) is 0 Å². The largest absolute Gasteiger partial charge is 0.493 e. The van der Waals surface area contributed by atoms with Crippen LogP contribution in [0.5, 0.6) is 11.5 Å². The average molecular weight is 370 g/mol. The Hall–Kier alpha value is -2.49. The Morgan fingerprint density at radius 1 is 1.00 bits per heavy atom. The summed E-state index contributed by atoms with van der Waals surface area (Å²) < 4.78 is 10.6. The fourth-order valence-electron chi connectivity index (χ4n) is 2.96. The molecule has 2 aromatic carbocycles. The zero-order valence-corrected chi connectivity index (χ0v) is 17.3. The third-order valence-corrected chi connectivity index (χ3v) is 4.74. The Balaban J connectivity index is 1.91. The van der Waals surface area contributed by atoms with Gasteiger partial charge < -0.3 is 14.8 Å². The highest BCUT2D eigenvalue weighted by Gasteiger charge is 2.15. The normalized spacial score (nSPS) is 12.4. The summed E-state index contributed by atoms with van der Waals surface area (Å²) in [6.07, 6.45) is 1.09. The number of methoxy groups -OCH3 is 2. The van der Waals surface area contributed by atoms with Gasteiger partial charge in [-0.2, -0.15) is 0 Å². The van der Waals surface area contributed by atoms with Crippen molar-refractivity contribution in [3.05, 3.63) is 59.2 Å². The van der Waals surface area contributed by atoms with E-state index < -0.39 is 0 Å². The third-order valence-electron chi connectivity index (χ3n) is 4.74. The molecule has 4 nitrogen and oxygen atoms in total. The minimum atomic E-state index is -0.0167. The van der Waals surface area contributed by atoms with Crippen molar-refractivity contribution < 1.29 is 14.3 Å². The SMILES string of the molecule is COc1ccc(CCC(=O)N[C@@H](C)c2ccc(C(C)(C)C)cc2)cc1OC. The molecular formula is C23H31NO3. The molecule has 0 heterocycles. The number of amides is 1. The lowest BCUT2D eigenvalue weighted by Crippen LogP contribution is -2.26. The average Bonchev–Trinajstić information content (AvgIpc) is 2.65. The van der Waals surface area contributed by atoms with Crippen molar-refractivity contribution in [3.8, 4) is 11.5 Å². The smallest absolute Gasteiger partial charge is 0.220 e. The summed E-state index contributed by atoms with van der Waals surface area (Å²) in [4.78, 5) is 12.3. The zero-order valence-electron chi connectivity index (χ0n) is 17.3. The molecule has 0 aliphatic heterocycles. The van der Waals surface area contributed by atoms with Crippen LogP contribution in [0.3, 0.4) is 0 Å². The van der Waals surface area contributed by atoms with E-state index in [-0.39, 0.29) is 17.4 Å². The maximum atomic E-state index is 12.3. The van der Waals surface area contributed by atoms with Gasteiger partial charge in [0.25, 0.3) is 0 Å². The Morgan fingerprint density at radius 2 is 1.63 bits per heavy atom. The molecule has 0 fully saturated rings. The van der Waals surface area contributed by atoms with Gasteiger partial charge in [-0.1, -0.05) is 51.1 Å². The number of ether oxygens (including phenoxy) is 2. The Kier molecular flexibility index (Phi) is 6.89. The number of benzene rings is 2. The van der Waals surface area contributed by atoms with Gasteiger partial charge in [0.1, 0.15) is 0 Å². The molecule has 1 amide bonds. The molecule has 0 bridgehead atoms. The zero-order chi connectivity index (χ0) is 20.0. The summed E-state index contributed by atoms with van der Waals surface area (Å²) in [5.74, 6) is 1.41. The summed E-state index contributed by atoms with van der Waals surface area (Å²) in [5, 5.41) is 3.08. The highest BCUT2D eigenvalue weighted by atomic mass is 16.5. The molecule has 27 heavy (non-hydrogen) atoms. The summed E-state index contributed by atoms with van der Waals surface area (Å²) >= 11 is 0. The van der Waals surface area contributed by atoms with Gasteiger partial charge >= 0.3 is 0 Å². The minimum Gasteiger partial charge on any atom is -0.493 e. The molecule has 0 aliphatic carbocycles. The van der Waals surface area contributed by atoms with E-state index in [1.807, 2.05) is 25.1 Å². The van der Waals surface area contributed by atoms with Gasteiger partial charge in [0.2, 0.25) is 5.91 Å². The van der Waals surface area contributed by atoms with Gasteiger partial charge in [-0.05, 0) is 47.6 Å². The van der Waals surface area contributed by atoms with Crippen LogP contribution >= 0.6 is 0 Å². The number of carbonyl (C=O) groups excluding carboxylic acids is 1. The van der Waals surface area contributed by atoms with E-state index >= 15 is 0 Å². The maximum absolute atomic E-state index is 12.3. The lowest BCUT2D eigenvalue weighted by Gasteiger charge is -2.20. The van der Waals surface area contributed by atoms with Gasteiger partial charge in [-0.15, -0.1) is 0 Å². The molecule has 0 radical (unpaired) electrons. The fraction of sp³-hybridized carbons (Fsp3) is 0.435. The van der Waals surface area contributed by atoms with Crippen LogP contribution in [0.4, 0.5) is 0 Å². The van der Waals surface area contributed by atoms with Crippen molar-refractivity contribution in [2.75, 3.05) is 14.2 Å². The second-order valence-corrected chi connectivity index (χ2v) is 7.85. The number of rotatable bonds is 7. The molecule has 4 heteroatoms. The third kappa shape index (κ3) is 5.75. The molecular weight excluding hydrogens is 338 g/mol. The molecule has 2 rings (SSSR count). The van der Waals surface area contributed by atoms with Crippen LogP contribution in [0.2, 0.25) is 0 Å². The summed E-state index contributed by atoms with van der Waals surface area (Å²) in [5.41, 5.74) is 3.58. The monoisotopic (exact) mass is 369 g/mol. The summed E-state index contributed by atoms with van der Waals surface area (Å²) in [7, 11) is 3.22. The number of hydrogen-bond acceptors (Lipinski definition) is 3. The van der Waals surface area contributed by atoms with Gasteiger partial charge in [0, 0.05) is 6.42 Å². The van der Waals surface area contributed by atoms with Crippen molar-refractivity contribution in [3.63, 3.8) is 0 Å². The van der Waals surface area contributed by atoms with Crippen molar-refractivity contribution in [1.29, 1.82) is 0 Å². The molecule has 0 spiro atoms. The molecule has 1 atom stereocenters. The maximum Gasteiger partial charge on any atom is 0.220 e. The van der Waals surface area contributed by atoms with Crippen LogP contribution in [-0.2, 0) is 16.6 Å². The first-order chi connectivity index (χ1) is 12.7. The van der Waals surface area contributed by atoms with Crippen LogP contribution in [0, 0.1) is 0 Å². The van der Waals surface area contributed by atoms with Crippen molar-refractivity contribution >= 4 is 5.91 Å². The van der Waals surface area contributed by atoms with Gasteiger partial charge in [-0.3, -0.25) is 4.79 Å². The molecule has 2 aromatic rings. The van der Waals surface area contributed by atoms with E-state index in [9.17, 15) is 4.79 Å². The van der Waals surface area contributed by atoms with Crippen LogP contribution in [0.25, 0.3) is 0 Å². The van der Waals surface area contributed by atoms with E-state index in [0.717, 1.165) is 11.1 Å². The van der Waals surface area contributed by atoms with Crippen molar-refractivity contribution in [2.45, 2.75) is 52.0 Å². The first kappa shape index (κ1) is 20.8. The Labute approximate surface area is 162 Å². The molecule has 0 aromatic heterocycles. The first-order valence-corrected chi connectivity index (χ1v) is 9.35. The van der Waals surface area contributed by atoms with E-state index in [0.29, 0.717) is 24.3 Å². The van der Waals surface area contributed by atoms with Crippen LogP contribution < -0.4 is 14.8 Å². The second kappa shape index (κ2) is 8.94. The first-order valence-electron chi connectivity index (χ1n) is 9.35. The standard InChI is InChI=1S/C23H31NO3/c1-16(18-9-11-19(12-10-18)23(2,3)4)24-22(25)14-8-17-7-13-20(26-5)21(15-17)27-6/h7,9-13,15-16H,8,14H2,1-6H3,(H,24,25)/t16-/m0/s1.